The van der Waals surface area contributed by atoms with Crippen molar-refractivity contribution in [1.29, 1.82) is 5.41 Å². The van der Waals surface area contributed by atoms with E-state index in [9.17, 15) is 4.79 Å². The molecule has 0 aliphatic rings. The molecule has 0 aliphatic carbocycles. The van der Waals surface area contributed by atoms with Crippen molar-refractivity contribution < 1.29 is 10.0 Å². The highest BCUT2D eigenvalue weighted by Gasteiger charge is 1.84. The van der Waals surface area contributed by atoms with E-state index >= 15 is 0 Å². The highest BCUT2D eigenvalue weighted by atomic mass is 16.5. The third-order valence-corrected chi connectivity index (χ3v) is 0.485. The second-order valence-corrected chi connectivity index (χ2v) is 2.02. The highest BCUT2D eigenvalue weighted by molar-refractivity contribution is 5.74. The molecule has 0 aromatic rings. The van der Waals surface area contributed by atoms with Crippen LogP contribution in [0.1, 0.15) is 20.8 Å². The topological polar surface area (TPSA) is 64.4 Å². The molecule has 0 rings (SSSR count). The van der Waals surface area contributed by atoms with Gasteiger partial charge in [0, 0.05) is 7.05 Å². The molecule has 0 fully saturated rings. The molecule has 0 spiro atoms. The van der Waals surface area contributed by atoms with Crippen molar-refractivity contribution in [1.82, 2.24) is 5.06 Å². The van der Waals surface area contributed by atoms with E-state index in [1.807, 2.05) is 0 Å². The predicted octanol–water partition coefficient (Wildman–Crippen LogP) is 0.900. The minimum atomic E-state index is 0.148. The molecule has 2 N–H and O–H groups in total. The lowest BCUT2D eigenvalue weighted by molar-refractivity contribution is -0.114. The number of hydrogen-bond acceptors (Lipinski definition) is 3. The summed E-state index contributed by atoms with van der Waals surface area (Å²) in [5.74, 6) is 0.315. The molecule has 0 amide bonds. The standard InChI is InChI=1S/C3H8N2O.C3H6O/c1-3(4)5(2)6;1-3(2)4/h4,6H,1-2H3;1-2H3. The fourth-order valence-electron chi connectivity index (χ4n) is 0. The molecule has 0 aromatic heterocycles. The van der Waals surface area contributed by atoms with Gasteiger partial charge in [0.05, 0.1) is 0 Å². The maximum atomic E-state index is 9.44. The molecule has 0 bridgehead atoms. The van der Waals surface area contributed by atoms with Crippen molar-refractivity contribution in [3.05, 3.63) is 0 Å². The molecule has 4 heteroatoms. The van der Waals surface area contributed by atoms with Gasteiger partial charge in [-0.1, -0.05) is 0 Å². The molecule has 0 heterocycles. The van der Waals surface area contributed by atoms with Crippen molar-refractivity contribution in [3.8, 4) is 0 Å². The van der Waals surface area contributed by atoms with Crippen molar-refractivity contribution in [3.63, 3.8) is 0 Å². The summed E-state index contributed by atoms with van der Waals surface area (Å²) in [5.41, 5.74) is 0. The van der Waals surface area contributed by atoms with Gasteiger partial charge in [-0.25, -0.2) is 5.06 Å². The number of hydrogen-bond donors (Lipinski definition) is 2. The Balaban J connectivity index is 0. The van der Waals surface area contributed by atoms with E-state index in [1.54, 1.807) is 0 Å². The third kappa shape index (κ3) is 27.5. The van der Waals surface area contributed by atoms with Crippen LogP contribution in [-0.4, -0.2) is 28.9 Å². The summed E-state index contributed by atoms with van der Waals surface area (Å²) in [6.07, 6.45) is 0. The number of carbonyl (C=O) groups is 1. The number of ketones is 1. The molecule has 0 aromatic carbocycles. The molecule has 10 heavy (non-hydrogen) atoms. The largest absolute Gasteiger partial charge is 0.300 e. The summed E-state index contributed by atoms with van der Waals surface area (Å²) in [7, 11) is 1.41. The molecular weight excluding hydrogens is 132 g/mol. The zero-order valence-electron chi connectivity index (χ0n) is 6.80. The first-order chi connectivity index (χ1) is 4.37. The minimum Gasteiger partial charge on any atom is -0.300 e. The summed E-state index contributed by atoms with van der Waals surface area (Å²) >= 11 is 0. The maximum Gasteiger partial charge on any atom is 0.126 e. The molecule has 0 saturated heterocycles. The quantitative estimate of drug-likeness (QED) is 0.303. The predicted molar refractivity (Wildman–Crippen MR) is 39.3 cm³/mol. The van der Waals surface area contributed by atoms with E-state index in [0.717, 1.165) is 5.06 Å². The number of nitrogens with zero attached hydrogens (tertiary/aromatic N) is 1. The minimum absolute atomic E-state index is 0.148. The van der Waals surface area contributed by atoms with Crippen LogP contribution in [-0.2, 0) is 4.79 Å². The normalized spacial score (nSPS) is 7.30. The van der Waals surface area contributed by atoms with Gasteiger partial charge in [-0.15, -0.1) is 0 Å². The summed E-state index contributed by atoms with van der Waals surface area (Å²) in [6.45, 7) is 4.56. The van der Waals surface area contributed by atoms with Crippen molar-refractivity contribution in [2.24, 2.45) is 0 Å². The van der Waals surface area contributed by atoms with E-state index in [0.29, 0.717) is 0 Å². The van der Waals surface area contributed by atoms with Crippen LogP contribution in [0.5, 0.6) is 0 Å². The lowest BCUT2D eigenvalue weighted by Crippen LogP contribution is -2.17. The van der Waals surface area contributed by atoms with E-state index in [2.05, 4.69) is 0 Å². The van der Waals surface area contributed by atoms with Crippen LogP contribution < -0.4 is 0 Å². The molecule has 0 saturated carbocycles. The Hall–Kier alpha value is -0.900. The van der Waals surface area contributed by atoms with Crippen LogP contribution in [0.3, 0.4) is 0 Å². The molecular formula is C6H14N2O2. The second kappa shape index (κ2) is 6.22. The molecule has 0 atom stereocenters. The Morgan fingerprint density at radius 3 is 1.50 bits per heavy atom. The van der Waals surface area contributed by atoms with Crippen molar-refractivity contribution >= 4 is 11.6 Å². The van der Waals surface area contributed by atoms with Gasteiger partial charge in [-0.3, -0.25) is 10.6 Å². The second-order valence-electron chi connectivity index (χ2n) is 2.02. The van der Waals surface area contributed by atoms with Gasteiger partial charge in [0.25, 0.3) is 0 Å². The fourth-order valence-corrected chi connectivity index (χ4v) is 0. The Bertz CT molecular complexity index is 117. The Morgan fingerprint density at radius 1 is 1.40 bits per heavy atom. The van der Waals surface area contributed by atoms with Gasteiger partial charge in [0.2, 0.25) is 0 Å². The van der Waals surface area contributed by atoms with Crippen LogP contribution >= 0.6 is 0 Å². The summed E-state index contributed by atoms with van der Waals surface area (Å²) in [5, 5.41) is 15.6. The van der Waals surface area contributed by atoms with Crippen molar-refractivity contribution in [2.45, 2.75) is 20.8 Å². The zero-order chi connectivity index (χ0) is 8.73. The molecule has 4 nitrogen and oxygen atoms in total. The Kier molecular flexibility index (Phi) is 7.37. The number of hydroxylamine groups is 2. The van der Waals surface area contributed by atoms with Gasteiger partial charge >= 0.3 is 0 Å². The number of amidine groups is 1. The van der Waals surface area contributed by atoms with Gasteiger partial charge in [-0.05, 0) is 20.8 Å². The third-order valence-electron chi connectivity index (χ3n) is 0.485. The first-order valence-electron chi connectivity index (χ1n) is 2.82. The summed E-state index contributed by atoms with van der Waals surface area (Å²) in [6, 6.07) is 0. The van der Waals surface area contributed by atoms with Gasteiger partial charge in [0.1, 0.15) is 11.6 Å². The van der Waals surface area contributed by atoms with Crippen LogP contribution in [0.15, 0.2) is 0 Å². The smallest absolute Gasteiger partial charge is 0.126 e. The lowest BCUT2D eigenvalue weighted by atomic mass is 10.6. The zero-order valence-corrected chi connectivity index (χ0v) is 6.80. The lowest BCUT2D eigenvalue weighted by Gasteiger charge is -2.03. The number of rotatable bonds is 0. The van der Waals surface area contributed by atoms with Gasteiger partial charge < -0.3 is 4.79 Å². The molecule has 0 unspecified atom stereocenters. The van der Waals surface area contributed by atoms with Gasteiger partial charge in [0.15, 0.2) is 0 Å². The van der Waals surface area contributed by atoms with E-state index in [1.165, 1.54) is 27.8 Å². The van der Waals surface area contributed by atoms with Gasteiger partial charge in [-0.2, -0.15) is 0 Å². The molecule has 60 valence electrons. The Morgan fingerprint density at radius 2 is 1.50 bits per heavy atom. The average Bonchev–Trinajstić information content (AvgIpc) is 1.63. The fraction of sp³-hybridized carbons (Fsp3) is 0.667. The first kappa shape index (κ1) is 11.8. The van der Waals surface area contributed by atoms with Crippen LogP contribution in [0.2, 0.25) is 0 Å². The van der Waals surface area contributed by atoms with E-state index in [4.69, 9.17) is 10.6 Å². The van der Waals surface area contributed by atoms with Crippen molar-refractivity contribution in [2.75, 3.05) is 7.05 Å². The molecule has 0 radical (unpaired) electrons. The number of nitrogens with one attached hydrogen (secondary N) is 1. The summed E-state index contributed by atoms with van der Waals surface area (Å²) in [4.78, 5) is 9.44. The number of carbonyl (C=O) groups excluding carboxylic acids is 1. The SMILES string of the molecule is CC(=N)N(C)O.CC(C)=O. The van der Waals surface area contributed by atoms with Crippen LogP contribution in [0.4, 0.5) is 0 Å². The monoisotopic (exact) mass is 146 g/mol. The first-order valence-corrected chi connectivity index (χ1v) is 2.82. The highest BCUT2D eigenvalue weighted by Crippen LogP contribution is 1.70. The molecule has 0 aliphatic heterocycles. The van der Waals surface area contributed by atoms with Crippen LogP contribution in [0.25, 0.3) is 0 Å². The van der Waals surface area contributed by atoms with E-state index in [-0.39, 0.29) is 11.6 Å². The van der Waals surface area contributed by atoms with Crippen LogP contribution in [0, 0.1) is 5.41 Å². The summed E-state index contributed by atoms with van der Waals surface area (Å²) < 4.78 is 0. The van der Waals surface area contributed by atoms with E-state index < -0.39 is 0 Å². The Labute approximate surface area is 60.9 Å². The average molecular weight is 146 g/mol. The maximum absolute atomic E-state index is 9.44. The number of Topliss-reactive ketones (excluding diaryl/α,β-unsaturated/α-hetero) is 1.